The first-order valence-electron chi connectivity index (χ1n) is 8.91. The predicted molar refractivity (Wildman–Crippen MR) is 102 cm³/mol. The molecule has 2 aromatic heterocycles. The van der Waals surface area contributed by atoms with Crippen LogP contribution in [0.3, 0.4) is 0 Å². The Kier molecular flexibility index (Phi) is 5.54. The molecule has 0 aliphatic heterocycles. The number of carbonyl (C=O) groups is 2. The molecule has 0 spiro atoms. The highest BCUT2D eigenvalue weighted by molar-refractivity contribution is 6.05. The minimum Gasteiger partial charge on any atom is -0.460 e. The maximum absolute atomic E-state index is 12.6. The van der Waals surface area contributed by atoms with Crippen molar-refractivity contribution in [2.75, 3.05) is 6.61 Å². The number of hydrogen-bond acceptors (Lipinski definition) is 5. The van der Waals surface area contributed by atoms with E-state index in [9.17, 15) is 9.59 Å². The Balaban J connectivity index is 1.88. The van der Waals surface area contributed by atoms with Gasteiger partial charge in [-0.15, -0.1) is 0 Å². The van der Waals surface area contributed by atoms with Gasteiger partial charge in [-0.05, 0) is 44.5 Å². The Morgan fingerprint density at radius 3 is 2.70 bits per heavy atom. The molecule has 1 aromatic carbocycles. The molecule has 27 heavy (non-hydrogen) atoms. The number of carbonyl (C=O) groups excluding carboxylic acids is 2. The molecule has 0 unspecified atom stereocenters. The van der Waals surface area contributed by atoms with Gasteiger partial charge in [-0.1, -0.05) is 25.1 Å². The number of hydrogen-bond donors (Lipinski definition) is 1. The van der Waals surface area contributed by atoms with Crippen LogP contribution in [0.5, 0.6) is 0 Å². The summed E-state index contributed by atoms with van der Waals surface area (Å²) in [6, 6.07) is 12.6. The Hall–Kier alpha value is -3.15. The van der Waals surface area contributed by atoms with Crippen molar-refractivity contribution in [3.05, 3.63) is 53.8 Å². The third-order valence-electron chi connectivity index (χ3n) is 4.28. The molecule has 0 aliphatic carbocycles. The van der Waals surface area contributed by atoms with Crippen LogP contribution in [0.1, 0.15) is 36.4 Å². The molecule has 1 atom stereocenters. The van der Waals surface area contributed by atoms with Crippen LogP contribution in [-0.4, -0.2) is 29.5 Å². The average molecular weight is 366 g/mol. The third-order valence-corrected chi connectivity index (χ3v) is 4.28. The van der Waals surface area contributed by atoms with Crippen molar-refractivity contribution in [1.82, 2.24) is 10.3 Å². The number of rotatable bonds is 6. The minimum atomic E-state index is -0.572. The van der Waals surface area contributed by atoms with Gasteiger partial charge in [0.1, 0.15) is 11.5 Å². The van der Waals surface area contributed by atoms with E-state index < -0.39 is 5.97 Å². The largest absolute Gasteiger partial charge is 0.460 e. The molecule has 3 rings (SSSR count). The average Bonchev–Trinajstić information content (AvgIpc) is 3.11. The standard InChI is InChI=1S/C21H22N2O4/c1-4-13(2)22-20(24)12-26-21(25)16-11-18(19-10-9-14(3)27-19)23-17-8-6-5-7-15(16)17/h5-11,13H,4,12H2,1-3H3,(H,22,24)/t13-/m0/s1. The van der Waals surface area contributed by atoms with E-state index in [1.165, 1.54) is 0 Å². The van der Waals surface area contributed by atoms with Crippen LogP contribution in [0.4, 0.5) is 0 Å². The number of fused-ring (bicyclic) bond motifs is 1. The lowest BCUT2D eigenvalue weighted by Gasteiger charge is -2.12. The number of aromatic nitrogens is 1. The second kappa shape index (κ2) is 8.03. The van der Waals surface area contributed by atoms with Crippen LogP contribution < -0.4 is 5.32 Å². The molecule has 0 bridgehead atoms. The number of amides is 1. The van der Waals surface area contributed by atoms with Gasteiger partial charge in [-0.3, -0.25) is 4.79 Å². The van der Waals surface area contributed by atoms with Crippen LogP contribution in [0.2, 0.25) is 0 Å². The Bertz CT molecular complexity index is 977. The number of benzene rings is 1. The molecule has 3 aromatic rings. The molecule has 6 nitrogen and oxygen atoms in total. The lowest BCUT2D eigenvalue weighted by Crippen LogP contribution is -2.35. The van der Waals surface area contributed by atoms with Gasteiger partial charge in [0.05, 0.1) is 11.1 Å². The summed E-state index contributed by atoms with van der Waals surface area (Å²) in [7, 11) is 0. The number of furan rings is 1. The van der Waals surface area contributed by atoms with Gasteiger partial charge >= 0.3 is 5.97 Å². The smallest absolute Gasteiger partial charge is 0.339 e. The number of para-hydroxylation sites is 1. The number of nitrogens with zero attached hydrogens (tertiary/aromatic N) is 1. The fourth-order valence-corrected chi connectivity index (χ4v) is 2.67. The maximum Gasteiger partial charge on any atom is 0.339 e. The molecule has 1 N–H and O–H groups in total. The summed E-state index contributed by atoms with van der Waals surface area (Å²) in [6.45, 7) is 5.39. The number of aryl methyl sites for hydroxylation is 1. The lowest BCUT2D eigenvalue weighted by molar-refractivity contribution is -0.124. The van der Waals surface area contributed by atoms with Crippen LogP contribution in [-0.2, 0) is 9.53 Å². The molecule has 140 valence electrons. The quantitative estimate of drug-likeness (QED) is 0.670. The zero-order valence-electron chi connectivity index (χ0n) is 15.6. The molecule has 0 radical (unpaired) electrons. The second-order valence-corrected chi connectivity index (χ2v) is 6.44. The van der Waals surface area contributed by atoms with E-state index in [2.05, 4.69) is 10.3 Å². The van der Waals surface area contributed by atoms with Crippen molar-refractivity contribution in [2.45, 2.75) is 33.2 Å². The van der Waals surface area contributed by atoms with Gasteiger partial charge in [-0.25, -0.2) is 9.78 Å². The molecule has 1 amide bonds. The summed E-state index contributed by atoms with van der Waals surface area (Å²) in [5.41, 5.74) is 1.54. The highest BCUT2D eigenvalue weighted by Crippen LogP contribution is 2.26. The van der Waals surface area contributed by atoms with Crippen molar-refractivity contribution in [3.8, 4) is 11.5 Å². The first kappa shape index (κ1) is 18.6. The van der Waals surface area contributed by atoms with Gasteiger partial charge in [0.2, 0.25) is 0 Å². The zero-order chi connectivity index (χ0) is 19.4. The highest BCUT2D eigenvalue weighted by Gasteiger charge is 2.18. The van der Waals surface area contributed by atoms with Crippen molar-refractivity contribution in [2.24, 2.45) is 0 Å². The maximum atomic E-state index is 12.6. The SMILES string of the molecule is CC[C@H](C)NC(=O)COC(=O)c1cc(-c2ccc(C)o2)nc2ccccc12. The van der Waals surface area contributed by atoms with Crippen LogP contribution in [0.25, 0.3) is 22.4 Å². The molecule has 6 heteroatoms. The van der Waals surface area contributed by atoms with Gasteiger partial charge in [0.25, 0.3) is 5.91 Å². The fraction of sp³-hybridized carbons (Fsp3) is 0.286. The van der Waals surface area contributed by atoms with E-state index in [1.807, 2.05) is 45.0 Å². The van der Waals surface area contributed by atoms with E-state index in [1.54, 1.807) is 18.2 Å². The lowest BCUT2D eigenvalue weighted by atomic mass is 10.1. The number of esters is 1. The molecule has 2 heterocycles. The number of nitrogens with one attached hydrogen (secondary N) is 1. The highest BCUT2D eigenvalue weighted by atomic mass is 16.5. The van der Waals surface area contributed by atoms with Crippen LogP contribution in [0, 0.1) is 6.92 Å². The summed E-state index contributed by atoms with van der Waals surface area (Å²) >= 11 is 0. The minimum absolute atomic E-state index is 0.0340. The monoisotopic (exact) mass is 366 g/mol. The molecule has 0 aliphatic rings. The Morgan fingerprint density at radius 1 is 1.22 bits per heavy atom. The first-order chi connectivity index (χ1) is 13.0. The Labute approximate surface area is 157 Å². The molecule has 0 saturated heterocycles. The second-order valence-electron chi connectivity index (χ2n) is 6.44. The van der Waals surface area contributed by atoms with Gasteiger partial charge < -0.3 is 14.5 Å². The summed E-state index contributed by atoms with van der Waals surface area (Å²) < 4.78 is 10.9. The van der Waals surface area contributed by atoms with Crippen LogP contribution >= 0.6 is 0 Å². The molecular weight excluding hydrogens is 344 g/mol. The molecular formula is C21H22N2O4. The van der Waals surface area contributed by atoms with E-state index in [4.69, 9.17) is 9.15 Å². The first-order valence-corrected chi connectivity index (χ1v) is 8.91. The normalized spacial score (nSPS) is 12.0. The van der Waals surface area contributed by atoms with Crippen molar-refractivity contribution in [3.63, 3.8) is 0 Å². The van der Waals surface area contributed by atoms with Gasteiger partial charge in [0.15, 0.2) is 12.4 Å². The topological polar surface area (TPSA) is 81.4 Å². The van der Waals surface area contributed by atoms with Gasteiger partial charge in [-0.2, -0.15) is 0 Å². The van der Waals surface area contributed by atoms with E-state index in [-0.39, 0.29) is 18.6 Å². The van der Waals surface area contributed by atoms with E-state index in [0.717, 1.165) is 12.2 Å². The third kappa shape index (κ3) is 4.34. The van der Waals surface area contributed by atoms with Gasteiger partial charge in [0, 0.05) is 11.4 Å². The van der Waals surface area contributed by atoms with E-state index >= 15 is 0 Å². The molecule has 0 saturated carbocycles. The number of pyridine rings is 1. The van der Waals surface area contributed by atoms with E-state index in [0.29, 0.717) is 27.9 Å². The summed E-state index contributed by atoms with van der Waals surface area (Å²) in [4.78, 5) is 29.1. The fourth-order valence-electron chi connectivity index (χ4n) is 2.67. The van der Waals surface area contributed by atoms with Crippen molar-refractivity contribution < 1.29 is 18.7 Å². The zero-order valence-corrected chi connectivity index (χ0v) is 15.6. The summed E-state index contributed by atoms with van der Waals surface area (Å²) in [5.74, 6) is 0.433. The Morgan fingerprint density at radius 2 is 2.00 bits per heavy atom. The predicted octanol–water partition coefficient (Wildman–Crippen LogP) is 3.87. The summed E-state index contributed by atoms with van der Waals surface area (Å²) in [5, 5.41) is 3.43. The number of ether oxygens (including phenoxy) is 1. The van der Waals surface area contributed by atoms with Crippen molar-refractivity contribution >= 4 is 22.8 Å². The van der Waals surface area contributed by atoms with Crippen molar-refractivity contribution in [1.29, 1.82) is 0 Å². The summed E-state index contributed by atoms with van der Waals surface area (Å²) in [6.07, 6.45) is 0.806. The van der Waals surface area contributed by atoms with Crippen LogP contribution in [0.15, 0.2) is 46.9 Å². The molecule has 0 fully saturated rings.